The van der Waals surface area contributed by atoms with Crippen molar-refractivity contribution >= 4 is 11.8 Å². The number of hydrogen-bond acceptors (Lipinski definition) is 3. The van der Waals surface area contributed by atoms with Crippen LogP contribution >= 0.6 is 0 Å². The van der Waals surface area contributed by atoms with E-state index in [1.54, 1.807) is 11.6 Å². The van der Waals surface area contributed by atoms with Crippen LogP contribution in [0.3, 0.4) is 0 Å². The first-order chi connectivity index (χ1) is 14.2. The SMILES string of the molecule is Cc1nn(-c2ccc(C(F)(F)F)cc2)c(C)c1CCC(=O)N[C@H]1CCCCNC1=O. The van der Waals surface area contributed by atoms with Gasteiger partial charge in [0.1, 0.15) is 6.04 Å². The molecule has 1 fully saturated rings. The minimum atomic E-state index is -4.39. The van der Waals surface area contributed by atoms with Gasteiger partial charge in [-0.15, -0.1) is 0 Å². The lowest BCUT2D eigenvalue weighted by Crippen LogP contribution is -2.45. The average molecular weight is 422 g/mol. The van der Waals surface area contributed by atoms with Crippen molar-refractivity contribution in [3.8, 4) is 5.69 Å². The number of aromatic nitrogens is 2. The molecule has 2 amide bonds. The Bertz CT molecular complexity index is 920. The van der Waals surface area contributed by atoms with Crippen LogP contribution in [0.1, 0.15) is 48.2 Å². The van der Waals surface area contributed by atoms with Gasteiger partial charge in [-0.3, -0.25) is 9.59 Å². The van der Waals surface area contributed by atoms with Crippen LogP contribution in [-0.4, -0.2) is 34.2 Å². The summed E-state index contributed by atoms with van der Waals surface area (Å²) in [4.78, 5) is 24.3. The summed E-state index contributed by atoms with van der Waals surface area (Å²) in [5.74, 6) is -0.360. The number of halogens is 3. The largest absolute Gasteiger partial charge is 0.416 e. The Morgan fingerprint density at radius 3 is 2.60 bits per heavy atom. The fourth-order valence-electron chi connectivity index (χ4n) is 3.66. The number of nitrogens with zero attached hydrogens (tertiary/aromatic N) is 2. The molecule has 0 radical (unpaired) electrons. The lowest BCUT2D eigenvalue weighted by molar-refractivity contribution is -0.137. The lowest BCUT2D eigenvalue weighted by atomic mass is 10.1. The summed E-state index contributed by atoms with van der Waals surface area (Å²) >= 11 is 0. The Kier molecular flexibility index (Phi) is 6.48. The molecule has 1 saturated heterocycles. The maximum atomic E-state index is 12.8. The molecule has 0 unspecified atom stereocenters. The van der Waals surface area contributed by atoms with Crippen molar-refractivity contribution in [1.29, 1.82) is 0 Å². The van der Waals surface area contributed by atoms with Gasteiger partial charge in [-0.05, 0) is 69.4 Å². The number of carbonyl (C=O) groups excluding carboxylic acids is 2. The molecule has 9 heteroatoms. The molecule has 1 aliphatic heterocycles. The van der Waals surface area contributed by atoms with Crippen LogP contribution in [-0.2, 0) is 22.2 Å². The van der Waals surface area contributed by atoms with Gasteiger partial charge in [0, 0.05) is 18.7 Å². The molecule has 30 heavy (non-hydrogen) atoms. The maximum absolute atomic E-state index is 12.8. The molecule has 2 aromatic rings. The summed E-state index contributed by atoms with van der Waals surface area (Å²) in [6.07, 6.45) is -1.36. The van der Waals surface area contributed by atoms with E-state index >= 15 is 0 Å². The van der Waals surface area contributed by atoms with Gasteiger partial charge in [-0.1, -0.05) is 0 Å². The third-order valence-electron chi connectivity index (χ3n) is 5.35. The Hall–Kier alpha value is -2.84. The van der Waals surface area contributed by atoms with Gasteiger partial charge in [0.15, 0.2) is 0 Å². The number of carbonyl (C=O) groups is 2. The summed E-state index contributed by atoms with van der Waals surface area (Å²) in [5, 5.41) is 10.0. The van der Waals surface area contributed by atoms with Gasteiger partial charge in [0.2, 0.25) is 11.8 Å². The molecule has 6 nitrogen and oxygen atoms in total. The number of hydrogen-bond donors (Lipinski definition) is 2. The topological polar surface area (TPSA) is 76.0 Å². The molecule has 1 atom stereocenters. The van der Waals surface area contributed by atoms with Crippen LogP contribution in [0.5, 0.6) is 0 Å². The highest BCUT2D eigenvalue weighted by Gasteiger charge is 2.30. The van der Waals surface area contributed by atoms with E-state index in [-0.39, 0.29) is 18.2 Å². The molecule has 2 heterocycles. The van der Waals surface area contributed by atoms with Gasteiger partial charge in [0.05, 0.1) is 16.9 Å². The van der Waals surface area contributed by atoms with Crippen molar-refractivity contribution in [2.24, 2.45) is 0 Å². The van der Waals surface area contributed by atoms with Crippen LogP contribution in [0, 0.1) is 13.8 Å². The Labute approximate surface area is 172 Å². The number of aryl methyl sites for hydroxylation is 1. The zero-order valence-electron chi connectivity index (χ0n) is 17.0. The molecular weight excluding hydrogens is 397 g/mol. The average Bonchev–Trinajstić information content (AvgIpc) is 2.83. The molecule has 0 bridgehead atoms. The minimum Gasteiger partial charge on any atom is -0.354 e. The second-order valence-electron chi connectivity index (χ2n) is 7.51. The van der Waals surface area contributed by atoms with Crippen LogP contribution in [0.4, 0.5) is 13.2 Å². The molecule has 2 N–H and O–H groups in total. The molecule has 1 aromatic heterocycles. The van der Waals surface area contributed by atoms with E-state index in [4.69, 9.17) is 0 Å². The van der Waals surface area contributed by atoms with E-state index in [1.165, 1.54) is 12.1 Å². The molecule has 162 valence electrons. The quantitative estimate of drug-likeness (QED) is 0.777. The van der Waals surface area contributed by atoms with Gasteiger partial charge in [-0.2, -0.15) is 18.3 Å². The lowest BCUT2D eigenvalue weighted by Gasteiger charge is -2.15. The highest BCUT2D eigenvalue weighted by atomic mass is 19.4. The van der Waals surface area contributed by atoms with Crippen molar-refractivity contribution in [2.75, 3.05) is 6.54 Å². The second kappa shape index (κ2) is 8.89. The van der Waals surface area contributed by atoms with Crippen molar-refractivity contribution in [1.82, 2.24) is 20.4 Å². The Morgan fingerprint density at radius 1 is 1.23 bits per heavy atom. The fraction of sp³-hybridized carbons (Fsp3) is 0.476. The van der Waals surface area contributed by atoms with Crippen molar-refractivity contribution < 1.29 is 22.8 Å². The van der Waals surface area contributed by atoms with E-state index in [9.17, 15) is 22.8 Å². The molecule has 1 aromatic carbocycles. The van der Waals surface area contributed by atoms with E-state index < -0.39 is 17.8 Å². The highest BCUT2D eigenvalue weighted by molar-refractivity contribution is 5.87. The van der Waals surface area contributed by atoms with Gasteiger partial charge < -0.3 is 10.6 Å². The zero-order valence-corrected chi connectivity index (χ0v) is 17.0. The predicted octanol–water partition coefficient (Wildman–Crippen LogP) is 3.23. The minimum absolute atomic E-state index is 0.150. The zero-order chi connectivity index (χ0) is 21.9. The monoisotopic (exact) mass is 422 g/mol. The molecule has 1 aliphatic rings. The van der Waals surface area contributed by atoms with E-state index in [2.05, 4.69) is 15.7 Å². The van der Waals surface area contributed by atoms with Crippen LogP contribution in [0.15, 0.2) is 24.3 Å². The van der Waals surface area contributed by atoms with E-state index in [0.29, 0.717) is 30.8 Å². The van der Waals surface area contributed by atoms with Crippen LogP contribution in [0.25, 0.3) is 5.69 Å². The number of alkyl halides is 3. The predicted molar refractivity (Wildman–Crippen MR) is 105 cm³/mol. The Balaban J connectivity index is 1.67. The number of benzene rings is 1. The molecular formula is C21H25F3N4O2. The van der Waals surface area contributed by atoms with Crippen LogP contribution < -0.4 is 10.6 Å². The van der Waals surface area contributed by atoms with Crippen molar-refractivity contribution in [3.05, 3.63) is 46.8 Å². The highest BCUT2D eigenvalue weighted by Crippen LogP contribution is 2.30. The number of nitrogens with one attached hydrogen (secondary N) is 2. The van der Waals surface area contributed by atoms with Gasteiger partial charge in [-0.25, -0.2) is 4.68 Å². The fourth-order valence-corrected chi connectivity index (χ4v) is 3.66. The molecule has 0 saturated carbocycles. The Morgan fingerprint density at radius 2 is 1.93 bits per heavy atom. The van der Waals surface area contributed by atoms with Gasteiger partial charge in [0.25, 0.3) is 0 Å². The smallest absolute Gasteiger partial charge is 0.354 e. The summed E-state index contributed by atoms with van der Waals surface area (Å²) in [6.45, 7) is 4.26. The molecule has 3 rings (SSSR count). The summed E-state index contributed by atoms with van der Waals surface area (Å²) in [6, 6.07) is 4.30. The first-order valence-corrected chi connectivity index (χ1v) is 9.96. The summed E-state index contributed by atoms with van der Waals surface area (Å²) in [5.41, 5.74) is 2.16. The summed E-state index contributed by atoms with van der Waals surface area (Å²) < 4.78 is 39.9. The van der Waals surface area contributed by atoms with E-state index in [0.717, 1.165) is 36.2 Å². The standard InChI is InChI=1S/C21H25F3N4O2/c1-13-17(10-11-19(29)26-18-5-3-4-12-25-20(18)30)14(2)28(27-13)16-8-6-15(7-9-16)21(22,23)24/h6-9,18H,3-5,10-12H2,1-2H3,(H,25,30)(H,26,29)/t18-/m0/s1. The number of amides is 2. The van der Waals surface area contributed by atoms with Crippen LogP contribution in [0.2, 0.25) is 0 Å². The summed E-state index contributed by atoms with van der Waals surface area (Å²) in [7, 11) is 0. The number of rotatable bonds is 5. The third-order valence-corrected chi connectivity index (χ3v) is 5.35. The van der Waals surface area contributed by atoms with E-state index in [1.807, 2.05) is 6.92 Å². The molecule has 0 aliphatic carbocycles. The second-order valence-corrected chi connectivity index (χ2v) is 7.51. The normalized spacial score (nSPS) is 17.4. The first-order valence-electron chi connectivity index (χ1n) is 9.96. The maximum Gasteiger partial charge on any atom is 0.416 e. The first kappa shape index (κ1) is 21.9. The van der Waals surface area contributed by atoms with Crippen molar-refractivity contribution in [3.63, 3.8) is 0 Å². The third kappa shape index (κ3) is 5.01. The van der Waals surface area contributed by atoms with Gasteiger partial charge >= 0.3 is 6.18 Å². The van der Waals surface area contributed by atoms with Crippen molar-refractivity contribution in [2.45, 2.75) is 58.2 Å². The molecule has 0 spiro atoms.